The first-order valence-electron chi connectivity index (χ1n) is 8.39. The summed E-state index contributed by atoms with van der Waals surface area (Å²) in [5.41, 5.74) is 0. The monoisotopic (exact) mass is 456 g/mol. The van der Waals surface area contributed by atoms with Gasteiger partial charge in [-0.15, -0.1) is 12.8 Å². The molecule has 0 radical (unpaired) electrons. The Morgan fingerprint density at radius 2 is 0.852 bits per heavy atom. The third-order valence-corrected chi connectivity index (χ3v) is 2.41. The highest BCUT2D eigenvalue weighted by atomic mass is 79.9. The van der Waals surface area contributed by atoms with Crippen molar-refractivity contribution in [2.75, 3.05) is 91.2 Å². The zero-order valence-electron chi connectivity index (χ0n) is 15.8. The fraction of sp³-hybridized carbons (Fsp3) is 0.778. The highest BCUT2D eigenvalue weighted by Crippen LogP contribution is 1.80. The van der Waals surface area contributed by atoms with E-state index in [1.807, 2.05) is 0 Å². The number of aliphatic hydroxyl groups is 3. The van der Waals surface area contributed by atoms with Gasteiger partial charge < -0.3 is 39.0 Å². The summed E-state index contributed by atoms with van der Waals surface area (Å²) < 4.78 is 24.8. The number of terminal acetylenes is 2. The number of aliphatic hydroxyl groups excluding tert-OH is 3. The maximum atomic E-state index is 8.36. The van der Waals surface area contributed by atoms with Crippen LogP contribution in [0, 0.1) is 24.7 Å². The molecule has 0 aliphatic rings. The predicted molar refractivity (Wildman–Crippen MR) is 107 cm³/mol. The van der Waals surface area contributed by atoms with Crippen LogP contribution in [0.2, 0.25) is 0 Å². The molecular formula is C18H33BrO8. The van der Waals surface area contributed by atoms with Crippen molar-refractivity contribution in [2.24, 2.45) is 0 Å². The Labute approximate surface area is 171 Å². The third kappa shape index (κ3) is 45.9. The van der Waals surface area contributed by atoms with Crippen molar-refractivity contribution in [1.82, 2.24) is 0 Å². The summed E-state index contributed by atoms with van der Waals surface area (Å²) in [4.78, 5) is 0. The van der Waals surface area contributed by atoms with Crippen LogP contribution in [0.1, 0.15) is 0 Å². The van der Waals surface area contributed by atoms with E-state index in [-0.39, 0.29) is 19.8 Å². The fourth-order valence-corrected chi connectivity index (χ4v) is 1.09. The lowest BCUT2D eigenvalue weighted by Crippen LogP contribution is -2.10. The minimum atomic E-state index is 0.0417. The molecule has 0 spiro atoms. The average Bonchev–Trinajstić information content (AvgIpc) is 2.70. The Balaban J connectivity index is -0.000000364. The van der Waals surface area contributed by atoms with Crippen LogP contribution in [0.5, 0.6) is 0 Å². The van der Waals surface area contributed by atoms with Crippen LogP contribution < -0.4 is 0 Å². The standard InChI is InChI=1S/C9H16O4.C6H14O4.C3H3Br/c1-2-4-11-6-8-13-9-7-12-5-3-10;7-1-3-9-5-6-10-4-2-8;1-2-3-4/h1,10H,3-9H2;7-8H,1-6H2;1H,3H2. The second kappa shape index (κ2) is 36.2. The number of hydrogen-bond acceptors (Lipinski definition) is 8. The maximum Gasteiger partial charge on any atom is 0.107 e. The van der Waals surface area contributed by atoms with Crippen LogP contribution in [-0.2, 0) is 23.7 Å². The lowest BCUT2D eigenvalue weighted by molar-refractivity contribution is 0.0123. The number of hydrogen-bond donors (Lipinski definition) is 3. The molecule has 0 amide bonds. The van der Waals surface area contributed by atoms with Gasteiger partial charge in [0.2, 0.25) is 0 Å². The number of rotatable bonds is 16. The summed E-state index contributed by atoms with van der Waals surface area (Å²) >= 11 is 3.01. The van der Waals surface area contributed by atoms with E-state index in [0.717, 1.165) is 0 Å². The van der Waals surface area contributed by atoms with Gasteiger partial charge in [-0.05, 0) is 0 Å². The van der Waals surface area contributed by atoms with Gasteiger partial charge in [-0.3, -0.25) is 0 Å². The van der Waals surface area contributed by atoms with E-state index in [2.05, 4.69) is 27.8 Å². The Morgan fingerprint density at radius 3 is 1.11 bits per heavy atom. The fourth-order valence-electron chi connectivity index (χ4n) is 1.09. The van der Waals surface area contributed by atoms with E-state index >= 15 is 0 Å². The van der Waals surface area contributed by atoms with Gasteiger partial charge in [-0.2, -0.15) is 0 Å². The summed E-state index contributed by atoms with van der Waals surface area (Å²) in [6.45, 7) is 4.49. The first-order chi connectivity index (χ1) is 13.2. The van der Waals surface area contributed by atoms with Crippen molar-refractivity contribution in [1.29, 1.82) is 0 Å². The second-order valence-electron chi connectivity index (χ2n) is 4.21. The van der Waals surface area contributed by atoms with Gasteiger partial charge in [0, 0.05) is 0 Å². The smallest absolute Gasteiger partial charge is 0.107 e. The van der Waals surface area contributed by atoms with Crippen LogP contribution in [0.25, 0.3) is 0 Å². The van der Waals surface area contributed by atoms with Crippen molar-refractivity contribution in [3.63, 3.8) is 0 Å². The third-order valence-electron chi connectivity index (χ3n) is 2.09. The molecule has 8 nitrogen and oxygen atoms in total. The van der Waals surface area contributed by atoms with Crippen molar-refractivity contribution < 1.29 is 39.0 Å². The van der Waals surface area contributed by atoms with Crippen molar-refractivity contribution in [3.05, 3.63) is 0 Å². The molecule has 160 valence electrons. The Kier molecular flexibility index (Phi) is 41.6. The minimum Gasteiger partial charge on any atom is -0.394 e. The summed E-state index contributed by atoms with van der Waals surface area (Å²) in [6.07, 6.45) is 9.70. The average molecular weight is 457 g/mol. The molecule has 0 aromatic heterocycles. The normalized spacial score (nSPS) is 9.26. The molecule has 0 unspecified atom stereocenters. The zero-order valence-corrected chi connectivity index (χ0v) is 17.4. The van der Waals surface area contributed by atoms with E-state index in [1.54, 1.807) is 0 Å². The molecule has 0 aromatic carbocycles. The topological polar surface area (TPSA) is 107 Å². The Bertz CT molecular complexity index is 309. The summed E-state index contributed by atoms with van der Waals surface area (Å²) in [7, 11) is 0. The van der Waals surface area contributed by atoms with E-state index in [9.17, 15) is 0 Å². The van der Waals surface area contributed by atoms with Crippen LogP contribution in [-0.4, -0.2) is 107 Å². The highest BCUT2D eigenvalue weighted by molar-refractivity contribution is 9.09. The largest absolute Gasteiger partial charge is 0.394 e. The second-order valence-corrected chi connectivity index (χ2v) is 4.78. The quantitative estimate of drug-likeness (QED) is 0.165. The van der Waals surface area contributed by atoms with Crippen molar-refractivity contribution in [3.8, 4) is 24.7 Å². The van der Waals surface area contributed by atoms with Crippen LogP contribution in [0.15, 0.2) is 0 Å². The highest BCUT2D eigenvalue weighted by Gasteiger charge is 1.89. The molecule has 0 saturated heterocycles. The molecule has 0 fully saturated rings. The minimum absolute atomic E-state index is 0.0417. The number of ether oxygens (including phenoxy) is 5. The molecule has 3 N–H and O–H groups in total. The Morgan fingerprint density at radius 1 is 0.556 bits per heavy atom. The van der Waals surface area contributed by atoms with E-state index in [1.165, 1.54) is 0 Å². The molecule has 0 bridgehead atoms. The summed E-state index contributed by atoms with van der Waals surface area (Å²) in [5.74, 6) is 4.70. The molecule has 27 heavy (non-hydrogen) atoms. The summed E-state index contributed by atoms with van der Waals surface area (Å²) in [5, 5.41) is 25.5. The molecule has 0 aromatic rings. The van der Waals surface area contributed by atoms with Gasteiger partial charge in [0.15, 0.2) is 0 Å². The molecule has 0 atom stereocenters. The van der Waals surface area contributed by atoms with Crippen LogP contribution >= 0.6 is 15.9 Å². The van der Waals surface area contributed by atoms with Gasteiger partial charge in [-0.1, -0.05) is 27.8 Å². The number of alkyl halides is 1. The van der Waals surface area contributed by atoms with Crippen LogP contribution in [0.3, 0.4) is 0 Å². The summed E-state index contributed by atoms with van der Waals surface area (Å²) in [6, 6.07) is 0. The number of halogens is 1. The first-order valence-corrected chi connectivity index (χ1v) is 9.51. The molecular weight excluding hydrogens is 424 g/mol. The first kappa shape index (κ1) is 31.0. The predicted octanol–water partition coefficient (Wildman–Crippen LogP) is -0.320. The van der Waals surface area contributed by atoms with Gasteiger partial charge >= 0.3 is 0 Å². The van der Waals surface area contributed by atoms with Gasteiger partial charge in [0.05, 0.1) is 84.6 Å². The molecule has 0 saturated carbocycles. The zero-order chi connectivity index (χ0) is 20.8. The van der Waals surface area contributed by atoms with Gasteiger partial charge in [0.25, 0.3) is 0 Å². The molecule has 0 aliphatic carbocycles. The maximum absolute atomic E-state index is 8.36. The Hall–Kier alpha value is -0.720. The van der Waals surface area contributed by atoms with Crippen molar-refractivity contribution in [2.45, 2.75) is 0 Å². The molecule has 0 rings (SSSR count). The van der Waals surface area contributed by atoms with Crippen molar-refractivity contribution >= 4 is 15.9 Å². The van der Waals surface area contributed by atoms with Crippen LogP contribution in [0.4, 0.5) is 0 Å². The van der Waals surface area contributed by atoms with E-state index in [0.29, 0.717) is 71.4 Å². The molecule has 0 aliphatic heterocycles. The van der Waals surface area contributed by atoms with E-state index in [4.69, 9.17) is 51.9 Å². The SMILES string of the molecule is C#CCBr.C#CCOCCOCCOCCO.OCCOCCOCCO. The molecule has 9 heteroatoms. The molecule has 0 heterocycles. The van der Waals surface area contributed by atoms with Gasteiger partial charge in [0.1, 0.15) is 6.61 Å². The van der Waals surface area contributed by atoms with E-state index < -0.39 is 0 Å². The lowest BCUT2D eigenvalue weighted by Gasteiger charge is -2.04. The van der Waals surface area contributed by atoms with Gasteiger partial charge in [-0.25, -0.2) is 0 Å². The lowest BCUT2D eigenvalue weighted by atomic mass is 10.7.